The van der Waals surface area contributed by atoms with Crippen molar-refractivity contribution in [3.05, 3.63) is 36.7 Å². The highest BCUT2D eigenvalue weighted by Gasteiger charge is 1.94. The molecule has 74 valence electrons. The summed E-state index contributed by atoms with van der Waals surface area (Å²) < 4.78 is 4.06. The molecule has 2 heterocycles. The van der Waals surface area contributed by atoms with Crippen molar-refractivity contribution < 1.29 is 0 Å². The summed E-state index contributed by atoms with van der Waals surface area (Å²) in [5, 5.41) is 4.32. The van der Waals surface area contributed by atoms with Crippen LogP contribution in [-0.2, 0) is 13.1 Å². The molecule has 0 aromatic carbocycles. The highest BCUT2D eigenvalue weighted by molar-refractivity contribution is 4.94. The summed E-state index contributed by atoms with van der Waals surface area (Å²) in [6.45, 7) is 3.97. The van der Waals surface area contributed by atoms with E-state index in [-0.39, 0.29) is 0 Å². The number of rotatable bonds is 4. The van der Waals surface area contributed by atoms with Crippen LogP contribution in [0, 0.1) is 6.92 Å². The molecule has 0 atom stereocenters. The fraction of sp³-hybridized carbons (Fsp3) is 0.400. The van der Waals surface area contributed by atoms with Crippen molar-refractivity contribution in [3.8, 4) is 0 Å². The molecule has 0 saturated heterocycles. The van der Waals surface area contributed by atoms with Gasteiger partial charge in [-0.05, 0) is 19.4 Å². The van der Waals surface area contributed by atoms with Crippen LogP contribution in [0.2, 0.25) is 0 Å². The van der Waals surface area contributed by atoms with E-state index in [4.69, 9.17) is 0 Å². The molecular weight excluding hydrogens is 176 g/mol. The van der Waals surface area contributed by atoms with Crippen molar-refractivity contribution in [1.82, 2.24) is 19.3 Å². The molecule has 2 aromatic rings. The van der Waals surface area contributed by atoms with Gasteiger partial charge in [-0.1, -0.05) is 0 Å². The molecule has 0 aliphatic rings. The second-order valence-electron chi connectivity index (χ2n) is 3.37. The lowest BCUT2D eigenvalue weighted by molar-refractivity contribution is 0.524. The Morgan fingerprint density at radius 1 is 1.29 bits per heavy atom. The van der Waals surface area contributed by atoms with E-state index >= 15 is 0 Å². The van der Waals surface area contributed by atoms with Gasteiger partial charge in [0, 0.05) is 31.7 Å². The first-order chi connectivity index (χ1) is 6.84. The van der Waals surface area contributed by atoms with Crippen LogP contribution >= 0.6 is 0 Å². The lowest BCUT2D eigenvalue weighted by Gasteiger charge is -2.02. The number of hydrogen-bond acceptors (Lipinski definition) is 2. The van der Waals surface area contributed by atoms with E-state index in [0.29, 0.717) is 0 Å². The normalized spacial score (nSPS) is 10.6. The first-order valence-corrected chi connectivity index (χ1v) is 4.80. The number of hydrogen-bond donors (Lipinski definition) is 0. The van der Waals surface area contributed by atoms with Crippen LogP contribution in [0.15, 0.2) is 31.0 Å². The average molecular weight is 190 g/mol. The van der Waals surface area contributed by atoms with Crippen molar-refractivity contribution in [1.29, 1.82) is 0 Å². The summed E-state index contributed by atoms with van der Waals surface area (Å²) in [7, 11) is 0. The van der Waals surface area contributed by atoms with Crippen molar-refractivity contribution in [2.45, 2.75) is 26.4 Å². The molecule has 0 saturated carbocycles. The Morgan fingerprint density at radius 3 is 2.86 bits per heavy atom. The largest absolute Gasteiger partial charge is 0.337 e. The molecule has 2 rings (SSSR count). The SMILES string of the molecule is Cc1ccn(CCCn2ccnc2)n1. The van der Waals surface area contributed by atoms with Crippen LogP contribution in [0.4, 0.5) is 0 Å². The molecule has 4 nitrogen and oxygen atoms in total. The van der Waals surface area contributed by atoms with E-state index in [1.807, 2.05) is 36.4 Å². The molecule has 0 amide bonds. The summed E-state index contributed by atoms with van der Waals surface area (Å²) in [5.74, 6) is 0. The third kappa shape index (κ3) is 2.22. The molecule has 0 N–H and O–H groups in total. The lowest BCUT2D eigenvalue weighted by Crippen LogP contribution is -2.03. The molecule has 14 heavy (non-hydrogen) atoms. The zero-order valence-corrected chi connectivity index (χ0v) is 8.30. The Hall–Kier alpha value is -1.58. The first-order valence-electron chi connectivity index (χ1n) is 4.80. The molecule has 0 radical (unpaired) electrons. The minimum atomic E-state index is 0.964. The predicted molar refractivity (Wildman–Crippen MR) is 53.8 cm³/mol. The van der Waals surface area contributed by atoms with Crippen LogP contribution in [0.5, 0.6) is 0 Å². The summed E-state index contributed by atoms with van der Waals surface area (Å²) in [6, 6.07) is 2.03. The predicted octanol–water partition coefficient (Wildman–Crippen LogP) is 1.48. The zero-order valence-electron chi connectivity index (χ0n) is 8.30. The molecule has 4 heteroatoms. The van der Waals surface area contributed by atoms with Crippen LogP contribution in [0.25, 0.3) is 0 Å². The molecule has 0 fully saturated rings. The molecular formula is C10H14N4. The molecule has 0 spiro atoms. The molecule has 2 aromatic heterocycles. The zero-order chi connectivity index (χ0) is 9.80. The number of nitrogens with zero attached hydrogens (tertiary/aromatic N) is 4. The second-order valence-corrected chi connectivity index (χ2v) is 3.37. The van der Waals surface area contributed by atoms with Gasteiger partial charge in [-0.15, -0.1) is 0 Å². The van der Waals surface area contributed by atoms with Crippen molar-refractivity contribution in [2.24, 2.45) is 0 Å². The van der Waals surface area contributed by atoms with Gasteiger partial charge in [0.1, 0.15) is 0 Å². The minimum Gasteiger partial charge on any atom is -0.337 e. The second kappa shape index (κ2) is 4.09. The van der Waals surface area contributed by atoms with Crippen molar-refractivity contribution >= 4 is 0 Å². The van der Waals surface area contributed by atoms with E-state index < -0.39 is 0 Å². The van der Waals surface area contributed by atoms with E-state index in [2.05, 4.69) is 14.6 Å². The van der Waals surface area contributed by atoms with Crippen LogP contribution < -0.4 is 0 Å². The van der Waals surface area contributed by atoms with Gasteiger partial charge < -0.3 is 4.57 Å². The Morgan fingerprint density at radius 2 is 2.21 bits per heavy atom. The summed E-state index contributed by atoms with van der Waals surface area (Å²) >= 11 is 0. The lowest BCUT2D eigenvalue weighted by atomic mass is 10.4. The standard InChI is InChI=1S/C10H14N4/c1-10-3-7-14(12-10)6-2-5-13-8-4-11-9-13/h3-4,7-9H,2,5-6H2,1H3. The van der Waals surface area contributed by atoms with Gasteiger partial charge in [-0.25, -0.2) is 4.98 Å². The van der Waals surface area contributed by atoms with Gasteiger partial charge in [0.2, 0.25) is 0 Å². The summed E-state index contributed by atoms with van der Waals surface area (Å²) in [6.07, 6.45) is 8.72. The number of aromatic nitrogens is 4. The Bertz CT molecular complexity index is 374. The van der Waals surface area contributed by atoms with Crippen molar-refractivity contribution in [2.75, 3.05) is 0 Å². The Balaban J connectivity index is 1.78. The third-order valence-corrected chi connectivity index (χ3v) is 2.14. The maximum atomic E-state index is 4.32. The van der Waals surface area contributed by atoms with Crippen LogP contribution in [-0.4, -0.2) is 19.3 Å². The fourth-order valence-corrected chi connectivity index (χ4v) is 1.42. The van der Waals surface area contributed by atoms with E-state index in [0.717, 1.165) is 25.2 Å². The van der Waals surface area contributed by atoms with Crippen LogP contribution in [0.1, 0.15) is 12.1 Å². The topological polar surface area (TPSA) is 35.6 Å². The monoisotopic (exact) mass is 190 g/mol. The highest BCUT2D eigenvalue weighted by atomic mass is 15.3. The summed E-state index contributed by atoms with van der Waals surface area (Å²) in [4.78, 5) is 3.99. The Labute approximate surface area is 83.2 Å². The summed E-state index contributed by atoms with van der Waals surface area (Å²) in [5.41, 5.74) is 1.08. The van der Waals surface area contributed by atoms with Gasteiger partial charge in [-0.2, -0.15) is 5.10 Å². The maximum Gasteiger partial charge on any atom is 0.0945 e. The van der Waals surface area contributed by atoms with Crippen LogP contribution in [0.3, 0.4) is 0 Å². The van der Waals surface area contributed by atoms with E-state index in [1.54, 1.807) is 6.20 Å². The quantitative estimate of drug-likeness (QED) is 0.732. The van der Waals surface area contributed by atoms with E-state index in [1.165, 1.54) is 0 Å². The fourth-order valence-electron chi connectivity index (χ4n) is 1.42. The molecule has 0 unspecified atom stereocenters. The van der Waals surface area contributed by atoms with E-state index in [9.17, 15) is 0 Å². The number of aryl methyl sites for hydroxylation is 3. The number of imidazole rings is 1. The van der Waals surface area contributed by atoms with Gasteiger partial charge in [-0.3, -0.25) is 4.68 Å². The van der Waals surface area contributed by atoms with Gasteiger partial charge in [0.05, 0.1) is 12.0 Å². The molecule has 0 bridgehead atoms. The maximum absolute atomic E-state index is 4.32. The smallest absolute Gasteiger partial charge is 0.0945 e. The molecule has 0 aliphatic carbocycles. The van der Waals surface area contributed by atoms with Crippen molar-refractivity contribution in [3.63, 3.8) is 0 Å². The van der Waals surface area contributed by atoms with Gasteiger partial charge in [0.15, 0.2) is 0 Å². The first kappa shape index (κ1) is 8.99. The Kier molecular flexibility index (Phi) is 2.62. The third-order valence-electron chi connectivity index (χ3n) is 2.14. The molecule has 0 aliphatic heterocycles. The minimum absolute atomic E-state index is 0.964. The van der Waals surface area contributed by atoms with Gasteiger partial charge in [0.25, 0.3) is 0 Å². The highest BCUT2D eigenvalue weighted by Crippen LogP contribution is 1.96. The average Bonchev–Trinajstić information content (AvgIpc) is 2.77. The van der Waals surface area contributed by atoms with Gasteiger partial charge >= 0.3 is 0 Å².